The first kappa shape index (κ1) is 21.3. The number of hydrogen-bond acceptors (Lipinski definition) is 6. The number of rotatable bonds is 10. The zero-order valence-electron chi connectivity index (χ0n) is 16.1. The summed E-state index contributed by atoms with van der Waals surface area (Å²) in [4.78, 5) is 37.0. The second-order valence-electron chi connectivity index (χ2n) is 6.28. The van der Waals surface area contributed by atoms with E-state index < -0.39 is 24.0 Å². The summed E-state index contributed by atoms with van der Waals surface area (Å²) in [5.41, 5.74) is 1.36. The minimum Gasteiger partial charge on any atom is -0.465 e. The second-order valence-corrected chi connectivity index (χ2v) is 6.28. The van der Waals surface area contributed by atoms with E-state index in [9.17, 15) is 14.4 Å². The van der Waals surface area contributed by atoms with Crippen molar-refractivity contribution in [2.75, 3.05) is 6.61 Å². The Bertz CT molecular complexity index is 776. The maximum Gasteiger partial charge on any atom is 0.323 e. The van der Waals surface area contributed by atoms with Gasteiger partial charge in [0.1, 0.15) is 18.7 Å². The molecule has 0 aliphatic heterocycles. The van der Waals surface area contributed by atoms with Crippen molar-refractivity contribution in [2.45, 2.75) is 39.0 Å². The van der Waals surface area contributed by atoms with Crippen LogP contribution < -0.4 is 5.32 Å². The molecule has 0 saturated heterocycles. The van der Waals surface area contributed by atoms with Crippen LogP contribution in [0.1, 0.15) is 36.2 Å². The number of Topliss-reactive ketones (excluding diaryl/α,β-unsaturated/α-hetero) is 1. The van der Waals surface area contributed by atoms with Gasteiger partial charge in [-0.3, -0.25) is 19.7 Å². The molecule has 0 aliphatic carbocycles. The van der Waals surface area contributed by atoms with Crippen molar-refractivity contribution in [1.29, 1.82) is 0 Å². The highest BCUT2D eigenvalue weighted by molar-refractivity contribution is 5.99. The van der Waals surface area contributed by atoms with E-state index in [1.807, 2.05) is 36.4 Å². The molecule has 0 bridgehead atoms. The molecule has 0 saturated carbocycles. The fourth-order valence-electron chi connectivity index (χ4n) is 2.60. The second kappa shape index (κ2) is 11.0. The first-order chi connectivity index (χ1) is 13.5. The molecule has 0 spiro atoms. The van der Waals surface area contributed by atoms with Gasteiger partial charge in [0, 0.05) is 12.0 Å². The molecule has 0 heterocycles. The number of ether oxygens (including phenoxy) is 2. The van der Waals surface area contributed by atoms with Crippen molar-refractivity contribution in [3.63, 3.8) is 0 Å². The third-order valence-corrected chi connectivity index (χ3v) is 4.09. The summed E-state index contributed by atoms with van der Waals surface area (Å²) in [5, 5.41) is 2.87. The van der Waals surface area contributed by atoms with E-state index in [1.54, 1.807) is 38.1 Å². The van der Waals surface area contributed by atoms with Crippen LogP contribution in [-0.2, 0) is 25.7 Å². The average Bonchev–Trinajstić information content (AvgIpc) is 2.72. The van der Waals surface area contributed by atoms with Crippen LogP contribution in [0.4, 0.5) is 0 Å². The Morgan fingerprint density at radius 1 is 0.893 bits per heavy atom. The van der Waals surface area contributed by atoms with Crippen LogP contribution in [0.5, 0.6) is 0 Å². The number of nitrogens with one attached hydrogen (secondary N) is 1. The van der Waals surface area contributed by atoms with E-state index in [1.165, 1.54) is 0 Å². The largest absolute Gasteiger partial charge is 0.465 e. The van der Waals surface area contributed by atoms with Crippen LogP contribution >= 0.6 is 0 Å². The summed E-state index contributed by atoms with van der Waals surface area (Å²) >= 11 is 0. The standard InChI is InChI=1S/C22H25NO5/c1-3-27-22(26)19(14-20(24)18-12-8-5-9-13-18)23-16(2)21(25)28-15-17-10-6-4-7-11-17/h4-13,16,19,23H,3,14-15H2,1-2H3/t16-,19-/m0/s1. The number of benzene rings is 2. The van der Waals surface area contributed by atoms with E-state index >= 15 is 0 Å². The number of esters is 2. The fourth-order valence-corrected chi connectivity index (χ4v) is 2.60. The number of carbonyl (C=O) groups is 3. The monoisotopic (exact) mass is 383 g/mol. The molecule has 0 unspecified atom stereocenters. The number of hydrogen-bond donors (Lipinski definition) is 1. The van der Waals surface area contributed by atoms with Crippen LogP contribution in [-0.4, -0.2) is 36.4 Å². The van der Waals surface area contributed by atoms with Gasteiger partial charge >= 0.3 is 11.9 Å². The molecule has 0 aromatic heterocycles. The molecule has 0 aliphatic rings. The normalized spacial score (nSPS) is 12.6. The average molecular weight is 383 g/mol. The molecular weight excluding hydrogens is 358 g/mol. The SMILES string of the molecule is CCOC(=O)[C@H](CC(=O)c1ccccc1)N[C@@H](C)C(=O)OCc1ccccc1. The zero-order valence-corrected chi connectivity index (χ0v) is 16.1. The lowest BCUT2D eigenvalue weighted by Crippen LogP contribution is -2.47. The highest BCUT2D eigenvalue weighted by atomic mass is 16.5. The lowest BCUT2D eigenvalue weighted by Gasteiger charge is -2.20. The quantitative estimate of drug-likeness (QED) is 0.502. The zero-order chi connectivity index (χ0) is 20.4. The molecule has 28 heavy (non-hydrogen) atoms. The van der Waals surface area contributed by atoms with Crippen LogP contribution in [0.3, 0.4) is 0 Å². The van der Waals surface area contributed by atoms with Crippen molar-refractivity contribution < 1.29 is 23.9 Å². The van der Waals surface area contributed by atoms with E-state index in [-0.39, 0.29) is 25.4 Å². The molecule has 6 nitrogen and oxygen atoms in total. The molecule has 2 aromatic carbocycles. The van der Waals surface area contributed by atoms with Crippen LogP contribution in [0.2, 0.25) is 0 Å². The Labute approximate surface area is 164 Å². The van der Waals surface area contributed by atoms with Crippen LogP contribution in [0.15, 0.2) is 60.7 Å². The molecule has 1 N–H and O–H groups in total. The van der Waals surface area contributed by atoms with Crippen molar-refractivity contribution >= 4 is 17.7 Å². The summed E-state index contributed by atoms with van der Waals surface area (Å²) < 4.78 is 10.3. The molecule has 0 amide bonds. The summed E-state index contributed by atoms with van der Waals surface area (Å²) in [6.45, 7) is 3.60. The Hall–Kier alpha value is -2.99. The Morgan fingerprint density at radius 2 is 1.50 bits per heavy atom. The maximum atomic E-state index is 12.5. The van der Waals surface area contributed by atoms with Crippen molar-refractivity contribution in [1.82, 2.24) is 5.32 Å². The lowest BCUT2D eigenvalue weighted by atomic mass is 10.0. The highest BCUT2D eigenvalue weighted by Crippen LogP contribution is 2.09. The number of ketones is 1. The van der Waals surface area contributed by atoms with Gasteiger partial charge in [0.05, 0.1) is 6.61 Å². The third-order valence-electron chi connectivity index (χ3n) is 4.09. The molecule has 148 valence electrons. The Balaban J connectivity index is 1.97. The topological polar surface area (TPSA) is 81.7 Å². The van der Waals surface area contributed by atoms with Gasteiger partial charge in [-0.05, 0) is 19.4 Å². The summed E-state index contributed by atoms with van der Waals surface area (Å²) in [7, 11) is 0. The summed E-state index contributed by atoms with van der Waals surface area (Å²) in [6.07, 6.45) is -0.112. The molecule has 0 radical (unpaired) electrons. The van der Waals surface area contributed by atoms with Crippen molar-refractivity contribution in [3.8, 4) is 0 Å². The van der Waals surface area contributed by atoms with E-state index in [4.69, 9.17) is 9.47 Å². The highest BCUT2D eigenvalue weighted by Gasteiger charge is 2.28. The molecule has 2 rings (SSSR count). The van der Waals surface area contributed by atoms with Gasteiger partial charge < -0.3 is 9.47 Å². The molecular formula is C22H25NO5. The van der Waals surface area contributed by atoms with Gasteiger partial charge in [0.25, 0.3) is 0 Å². The molecule has 6 heteroatoms. The van der Waals surface area contributed by atoms with Gasteiger partial charge in [0.2, 0.25) is 0 Å². The smallest absolute Gasteiger partial charge is 0.323 e. The van der Waals surface area contributed by atoms with Crippen molar-refractivity contribution in [3.05, 3.63) is 71.8 Å². The first-order valence-electron chi connectivity index (χ1n) is 9.22. The lowest BCUT2D eigenvalue weighted by molar-refractivity contribution is -0.149. The number of carbonyl (C=O) groups excluding carboxylic acids is 3. The van der Waals surface area contributed by atoms with Gasteiger partial charge in [-0.1, -0.05) is 60.7 Å². The Morgan fingerprint density at radius 3 is 2.11 bits per heavy atom. The van der Waals surface area contributed by atoms with Gasteiger partial charge in [0.15, 0.2) is 5.78 Å². The van der Waals surface area contributed by atoms with Gasteiger partial charge in [-0.15, -0.1) is 0 Å². The van der Waals surface area contributed by atoms with Crippen molar-refractivity contribution in [2.24, 2.45) is 0 Å². The maximum absolute atomic E-state index is 12.5. The molecule has 2 atom stereocenters. The minimum atomic E-state index is -0.938. The molecule has 0 fully saturated rings. The first-order valence-corrected chi connectivity index (χ1v) is 9.22. The molecule has 2 aromatic rings. The predicted molar refractivity (Wildman–Crippen MR) is 105 cm³/mol. The third kappa shape index (κ3) is 6.63. The minimum absolute atomic E-state index is 0.112. The predicted octanol–water partition coefficient (Wildman–Crippen LogP) is 2.91. The summed E-state index contributed by atoms with van der Waals surface area (Å²) in [6, 6.07) is 16.3. The van der Waals surface area contributed by atoms with E-state index in [0.29, 0.717) is 5.56 Å². The van der Waals surface area contributed by atoms with Gasteiger partial charge in [-0.2, -0.15) is 0 Å². The van der Waals surface area contributed by atoms with Gasteiger partial charge in [-0.25, -0.2) is 0 Å². The summed E-state index contributed by atoms with van der Waals surface area (Å²) in [5.74, 6) is -1.30. The van der Waals surface area contributed by atoms with E-state index in [2.05, 4.69) is 5.32 Å². The fraction of sp³-hybridized carbons (Fsp3) is 0.318. The van der Waals surface area contributed by atoms with Crippen LogP contribution in [0, 0.1) is 0 Å². The van der Waals surface area contributed by atoms with E-state index in [0.717, 1.165) is 5.56 Å². The Kier molecular flexibility index (Phi) is 8.37. The van der Waals surface area contributed by atoms with Crippen LogP contribution in [0.25, 0.3) is 0 Å².